The van der Waals surface area contributed by atoms with Crippen molar-refractivity contribution < 1.29 is 4.74 Å². The van der Waals surface area contributed by atoms with Gasteiger partial charge in [0, 0.05) is 31.4 Å². The molecule has 3 nitrogen and oxygen atoms in total. The van der Waals surface area contributed by atoms with Gasteiger partial charge in [-0.05, 0) is 32.4 Å². The first kappa shape index (κ1) is 14.0. The van der Waals surface area contributed by atoms with Crippen molar-refractivity contribution in [3.05, 3.63) is 29.8 Å². The van der Waals surface area contributed by atoms with Crippen LogP contribution in [0.1, 0.15) is 32.4 Å². The van der Waals surface area contributed by atoms with Gasteiger partial charge in [-0.15, -0.1) is 0 Å². The highest BCUT2D eigenvalue weighted by atomic mass is 16.5. The first-order valence-corrected chi connectivity index (χ1v) is 6.37. The van der Waals surface area contributed by atoms with Crippen molar-refractivity contribution >= 4 is 5.69 Å². The van der Waals surface area contributed by atoms with Crippen molar-refractivity contribution in [2.45, 2.75) is 26.8 Å². The number of para-hydroxylation sites is 1. The van der Waals surface area contributed by atoms with Gasteiger partial charge in [-0.1, -0.05) is 18.2 Å². The third-order valence-corrected chi connectivity index (χ3v) is 2.86. The average molecular weight is 236 g/mol. The Bertz CT molecular complexity index is 326. The van der Waals surface area contributed by atoms with Crippen molar-refractivity contribution in [2.24, 2.45) is 5.73 Å². The van der Waals surface area contributed by atoms with E-state index in [-0.39, 0.29) is 6.04 Å². The lowest BCUT2D eigenvalue weighted by atomic mass is 10.1. The lowest BCUT2D eigenvalue weighted by molar-refractivity contribution is 0.154. The molecule has 3 heteroatoms. The van der Waals surface area contributed by atoms with Crippen LogP contribution in [0.2, 0.25) is 0 Å². The zero-order valence-corrected chi connectivity index (χ0v) is 11.1. The van der Waals surface area contributed by atoms with E-state index in [0.29, 0.717) is 0 Å². The summed E-state index contributed by atoms with van der Waals surface area (Å²) in [6.07, 6.45) is 0. The second-order valence-electron chi connectivity index (χ2n) is 4.12. The molecule has 0 fully saturated rings. The number of benzene rings is 1. The molecule has 96 valence electrons. The molecule has 0 saturated heterocycles. The molecular weight excluding hydrogens is 212 g/mol. The van der Waals surface area contributed by atoms with Crippen LogP contribution in [-0.4, -0.2) is 26.3 Å². The van der Waals surface area contributed by atoms with Crippen LogP contribution in [0, 0.1) is 0 Å². The van der Waals surface area contributed by atoms with E-state index >= 15 is 0 Å². The number of hydrogen-bond acceptors (Lipinski definition) is 3. The zero-order chi connectivity index (χ0) is 12.7. The standard InChI is InChI=1S/C14H24N2O/c1-4-16(10-11-17-5-2)14-9-7-6-8-13(14)12(3)15/h6-9,12H,4-5,10-11,15H2,1-3H3. The smallest absolute Gasteiger partial charge is 0.0641 e. The fourth-order valence-corrected chi connectivity index (χ4v) is 1.93. The summed E-state index contributed by atoms with van der Waals surface area (Å²) in [6.45, 7) is 9.61. The highest BCUT2D eigenvalue weighted by molar-refractivity contribution is 5.54. The first-order valence-electron chi connectivity index (χ1n) is 6.37. The molecule has 0 spiro atoms. The third-order valence-electron chi connectivity index (χ3n) is 2.86. The monoisotopic (exact) mass is 236 g/mol. The predicted molar refractivity (Wildman–Crippen MR) is 73.4 cm³/mol. The Morgan fingerprint density at radius 1 is 1.29 bits per heavy atom. The summed E-state index contributed by atoms with van der Waals surface area (Å²) in [5, 5.41) is 0. The summed E-state index contributed by atoms with van der Waals surface area (Å²) in [4.78, 5) is 2.31. The van der Waals surface area contributed by atoms with E-state index in [0.717, 1.165) is 26.3 Å². The molecule has 0 radical (unpaired) electrons. The summed E-state index contributed by atoms with van der Waals surface area (Å²) in [7, 11) is 0. The van der Waals surface area contributed by atoms with Crippen molar-refractivity contribution in [3.63, 3.8) is 0 Å². The van der Waals surface area contributed by atoms with E-state index in [1.807, 2.05) is 19.9 Å². The Kier molecular flexibility index (Phi) is 6.01. The van der Waals surface area contributed by atoms with Crippen LogP contribution in [0.25, 0.3) is 0 Å². The maximum Gasteiger partial charge on any atom is 0.0641 e. The predicted octanol–water partition coefficient (Wildman–Crippen LogP) is 2.57. The van der Waals surface area contributed by atoms with Crippen molar-refractivity contribution in [1.29, 1.82) is 0 Å². The molecule has 0 aromatic heterocycles. The van der Waals surface area contributed by atoms with E-state index in [1.165, 1.54) is 11.3 Å². The summed E-state index contributed by atoms with van der Waals surface area (Å²) in [5.74, 6) is 0. The van der Waals surface area contributed by atoms with Crippen molar-refractivity contribution in [1.82, 2.24) is 0 Å². The van der Waals surface area contributed by atoms with Gasteiger partial charge in [-0.2, -0.15) is 0 Å². The minimum atomic E-state index is 0.0624. The quantitative estimate of drug-likeness (QED) is 0.739. The topological polar surface area (TPSA) is 38.5 Å². The summed E-state index contributed by atoms with van der Waals surface area (Å²) in [6, 6.07) is 8.40. The van der Waals surface area contributed by atoms with Crippen LogP contribution in [0.4, 0.5) is 5.69 Å². The molecule has 0 amide bonds. The lowest BCUT2D eigenvalue weighted by Crippen LogP contribution is -2.28. The van der Waals surface area contributed by atoms with E-state index in [4.69, 9.17) is 10.5 Å². The fourth-order valence-electron chi connectivity index (χ4n) is 1.93. The van der Waals surface area contributed by atoms with Crippen LogP contribution >= 0.6 is 0 Å². The minimum Gasteiger partial charge on any atom is -0.380 e. The fraction of sp³-hybridized carbons (Fsp3) is 0.571. The van der Waals surface area contributed by atoms with Gasteiger partial charge < -0.3 is 15.4 Å². The maximum atomic E-state index is 6.00. The lowest BCUT2D eigenvalue weighted by Gasteiger charge is -2.26. The van der Waals surface area contributed by atoms with Crippen LogP contribution in [0.15, 0.2) is 24.3 Å². The number of rotatable bonds is 7. The van der Waals surface area contributed by atoms with Crippen molar-refractivity contribution in [2.75, 3.05) is 31.2 Å². The van der Waals surface area contributed by atoms with E-state index < -0.39 is 0 Å². The zero-order valence-electron chi connectivity index (χ0n) is 11.1. The average Bonchev–Trinajstić information content (AvgIpc) is 2.35. The largest absolute Gasteiger partial charge is 0.380 e. The van der Waals surface area contributed by atoms with Gasteiger partial charge in [0.2, 0.25) is 0 Å². The molecule has 0 heterocycles. The Balaban J connectivity index is 2.79. The minimum absolute atomic E-state index is 0.0624. The molecule has 2 N–H and O–H groups in total. The van der Waals surface area contributed by atoms with E-state index in [2.05, 4.69) is 30.0 Å². The molecule has 0 saturated carbocycles. The Labute approximate surface area is 105 Å². The van der Waals surface area contributed by atoms with Gasteiger partial charge in [-0.3, -0.25) is 0 Å². The van der Waals surface area contributed by atoms with E-state index in [9.17, 15) is 0 Å². The maximum absolute atomic E-state index is 6.00. The van der Waals surface area contributed by atoms with Crippen LogP contribution in [0.5, 0.6) is 0 Å². The number of hydrogen-bond donors (Lipinski definition) is 1. The Morgan fingerprint density at radius 3 is 2.59 bits per heavy atom. The molecule has 1 aromatic carbocycles. The number of nitrogens with two attached hydrogens (primary N) is 1. The Morgan fingerprint density at radius 2 is 2.00 bits per heavy atom. The number of ether oxygens (including phenoxy) is 1. The number of nitrogens with zero attached hydrogens (tertiary/aromatic N) is 1. The molecular formula is C14H24N2O. The molecule has 0 aliphatic rings. The molecule has 17 heavy (non-hydrogen) atoms. The van der Waals surface area contributed by atoms with Gasteiger partial charge in [0.1, 0.15) is 0 Å². The van der Waals surface area contributed by atoms with Crippen molar-refractivity contribution in [3.8, 4) is 0 Å². The molecule has 1 aromatic rings. The molecule has 0 bridgehead atoms. The van der Waals surface area contributed by atoms with Crippen LogP contribution < -0.4 is 10.6 Å². The highest BCUT2D eigenvalue weighted by Gasteiger charge is 2.11. The van der Waals surface area contributed by atoms with Gasteiger partial charge >= 0.3 is 0 Å². The summed E-state index contributed by atoms with van der Waals surface area (Å²) >= 11 is 0. The highest BCUT2D eigenvalue weighted by Crippen LogP contribution is 2.24. The number of likely N-dealkylation sites (N-methyl/N-ethyl adjacent to an activating group) is 1. The molecule has 1 rings (SSSR count). The SMILES string of the molecule is CCOCCN(CC)c1ccccc1C(C)N. The third kappa shape index (κ3) is 4.02. The van der Waals surface area contributed by atoms with Gasteiger partial charge in [-0.25, -0.2) is 0 Å². The number of anilines is 1. The normalized spacial score (nSPS) is 12.5. The second-order valence-corrected chi connectivity index (χ2v) is 4.12. The summed E-state index contributed by atoms with van der Waals surface area (Å²) < 4.78 is 5.41. The Hall–Kier alpha value is -1.06. The molecule has 0 aliphatic heterocycles. The van der Waals surface area contributed by atoms with Gasteiger partial charge in [0.15, 0.2) is 0 Å². The first-order chi connectivity index (χ1) is 8.20. The van der Waals surface area contributed by atoms with Crippen LogP contribution in [0.3, 0.4) is 0 Å². The molecule has 1 unspecified atom stereocenters. The molecule has 1 atom stereocenters. The summed E-state index contributed by atoms with van der Waals surface area (Å²) in [5.41, 5.74) is 8.43. The van der Waals surface area contributed by atoms with Gasteiger partial charge in [0.05, 0.1) is 6.61 Å². The second kappa shape index (κ2) is 7.30. The van der Waals surface area contributed by atoms with Crippen LogP contribution in [-0.2, 0) is 4.74 Å². The van der Waals surface area contributed by atoms with Gasteiger partial charge in [0.25, 0.3) is 0 Å². The van der Waals surface area contributed by atoms with E-state index in [1.54, 1.807) is 0 Å². The molecule has 0 aliphatic carbocycles.